The number of ketones is 1. The van der Waals surface area contributed by atoms with E-state index in [0.29, 0.717) is 24.0 Å². The van der Waals surface area contributed by atoms with Gasteiger partial charge in [0.1, 0.15) is 5.78 Å². The van der Waals surface area contributed by atoms with Crippen molar-refractivity contribution in [1.82, 2.24) is 0 Å². The fourth-order valence-corrected chi connectivity index (χ4v) is 5.10. The number of allylic oxidation sites excluding steroid dienone is 4. The molecule has 0 amide bonds. The van der Waals surface area contributed by atoms with Crippen LogP contribution in [0.15, 0.2) is 23.8 Å². The second-order valence-corrected chi connectivity index (χ2v) is 8.02. The molecule has 116 valence electrons. The minimum Gasteiger partial charge on any atom is -0.389 e. The molecule has 0 radical (unpaired) electrons. The Hall–Kier alpha value is -0.890. The predicted octanol–water partition coefficient (Wildman–Crippen LogP) is 3.90. The highest BCUT2D eigenvalue weighted by molar-refractivity contribution is 5.88. The molecule has 0 aromatic heterocycles. The van der Waals surface area contributed by atoms with Crippen molar-refractivity contribution in [2.45, 2.75) is 59.0 Å². The van der Waals surface area contributed by atoms with Gasteiger partial charge >= 0.3 is 0 Å². The molecule has 1 N–H and O–H groups in total. The first-order valence-corrected chi connectivity index (χ1v) is 8.40. The molecule has 0 spiro atoms. The van der Waals surface area contributed by atoms with Gasteiger partial charge in [-0.1, -0.05) is 37.6 Å². The third-order valence-electron chi connectivity index (χ3n) is 6.75. The average molecular weight is 288 g/mol. The molecule has 3 aliphatic rings. The van der Waals surface area contributed by atoms with Crippen LogP contribution in [-0.4, -0.2) is 16.5 Å². The Balaban J connectivity index is 1.99. The lowest BCUT2D eigenvalue weighted by Crippen LogP contribution is -2.42. The van der Waals surface area contributed by atoms with Crippen LogP contribution in [0.3, 0.4) is 0 Å². The van der Waals surface area contributed by atoms with Crippen molar-refractivity contribution in [3.8, 4) is 0 Å². The van der Waals surface area contributed by atoms with Gasteiger partial charge in [-0.25, -0.2) is 0 Å². The molecule has 0 aromatic rings. The van der Waals surface area contributed by atoms with Gasteiger partial charge in [0.2, 0.25) is 0 Å². The van der Waals surface area contributed by atoms with Crippen LogP contribution in [0.5, 0.6) is 0 Å². The van der Waals surface area contributed by atoms with Gasteiger partial charge < -0.3 is 5.11 Å². The van der Waals surface area contributed by atoms with Crippen molar-refractivity contribution in [3.05, 3.63) is 23.8 Å². The lowest BCUT2D eigenvalue weighted by Gasteiger charge is -2.36. The van der Waals surface area contributed by atoms with Gasteiger partial charge in [0.05, 0.1) is 11.0 Å². The molecule has 3 aliphatic carbocycles. The van der Waals surface area contributed by atoms with E-state index in [9.17, 15) is 9.90 Å². The summed E-state index contributed by atoms with van der Waals surface area (Å²) in [6, 6.07) is 0. The number of Topliss-reactive ketones (excluding diaryl/α,β-unsaturated/α-hetero) is 1. The number of rotatable bonds is 1. The molecule has 0 aliphatic heterocycles. The molecule has 2 heteroatoms. The van der Waals surface area contributed by atoms with E-state index in [0.717, 1.165) is 19.3 Å². The van der Waals surface area contributed by atoms with Gasteiger partial charge in [-0.05, 0) is 56.8 Å². The van der Waals surface area contributed by atoms with Gasteiger partial charge in [0.25, 0.3) is 0 Å². The van der Waals surface area contributed by atoms with Crippen molar-refractivity contribution in [2.24, 2.45) is 29.1 Å². The van der Waals surface area contributed by atoms with Gasteiger partial charge in [-0.15, -0.1) is 0 Å². The Morgan fingerprint density at radius 2 is 2.10 bits per heavy atom. The van der Waals surface area contributed by atoms with Gasteiger partial charge in [-0.2, -0.15) is 0 Å². The standard InChI is InChI=1S/C19H28O2/c1-12(2)19(21)9-7-14-10-15-13(3)6-5-8-18(15,4)17(20)11-16(14)19/h5-6,8,12,14-16,21H,7,9-11H2,1-4H3/t14?,15-,16-,18+,19-/m1/s1. The lowest BCUT2D eigenvalue weighted by molar-refractivity contribution is -0.130. The topological polar surface area (TPSA) is 37.3 Å². The monoisotopic (exact) mass is 288 g/mol. The van der Waals surface area contributed by atoms with Crippen LogP contribution in [0.25, 0.3) is 0 Å². The number of hydrogen-bond acceptors (Lipinski definition) is 2. The van der Waals surface area contributed by atoms with E-state index in [1.807, 2.05) is 6.08 Å². The van der Waals surface area contributed by atoms with E-state index in [2.05, 4.69) is 39.8 Å². The maximum atomic E-state index is 13.0. The van der Waals surface area contributed by atoms with Crippen LogP contribution in [0, 0.1) is 29.1 Å². The fourth-order valence-electron chi connectivity index (χ4n) is 5.10. The highest BCUT2D eigenvalue weighted by Crippen LogP contribution is 2.55. The molecule has 2 saturated carbocycles. The lowest BCUT2D eigenvalue weighted by atomic mass is 9.66. The van der Waals surface area contributed by atoms with E-state index < -0.39 is 5.60 Å². The number of aliphatic hydroxyl groups is 1. The summed E-state index contributed by atoms with van der Waals surface area (Å²) in [4.78, 5) is 13.0. The Kier molecular flexibility index (Phi) is 3.44. The van der Waals surface area contributed by atoms with Crippen LogP contribution in [0.2, 0.25) is 0 Å². The van der Waals surface area contributed by atoms with E-state index in [4.69, 9.17) is 0 Å². The summed E-state index contributed by atoms with van der Waals surface area (Å²) >= 11 is 0. The second-order valence-electron chi connectivity index (χ2n) is 8.02. The summed E-state index contributed by atoms with van der Waals surface area (Å²) in [6.07, 6.45) is 9.82. The molecule has 0 aromatic carbocycles. The average Bonchev–Trinajstić information content (AvgIpc) is 2.67. The largest absolute Gasteiger partial charge is 0.389 e. The van der Waals surface area contributed by atoms with E-state index in [1.54, 1.807) is 0 Å². The molecule has 2 nitrogen and oxygen atoms in total. The summed E-state index contributed by atoms with van der Waals surface area (Å²) in [5, 5.41) is 11.1. The molecule has 5 atom stereocenters. The summed E-state index contributed by atoms with van der Waals surface area (Å²) in [7, 11) is 0. The zero-order valence-corrected chi connectivity index (χ0v) is 13.7. The van der Waals surface area contributed by atoms with Crippen molar-refractivity contribution < 1.29 is 9.90 Å². The van der Waals surface area contributed by atoms with Crippen LogP contribution in [0.4, 0.5) is 0 Å². The predicted molar refractivity (Wildman–Crippen MR) is 84.7 cm³/mol. The molecule has 0 bridgehead atoms. The number of fused-ring (bicyclic) bond motifs is 2. The van der Waals surface area contributed by atoms with Crippen LogP contribution >= 0.6 is 0 Å². The number of hydrogen-bond donors (Lipinski definition) is 1. The molecule has 2 fully saturated rings. The Morgan fingerprint density at radius 1 is 1.38 bits per heavy atom. The Labute approximate surface area is 128 Å². The van der Waals surface area contributed by atoms with Gasteiger partial charge in [0, 0.05) is 6.42 Å². The Bertz CT molecular complexity index is 516. The number of carbonyl (C=O) groups is 1. The fraction of sp³-hybridized carbons (Fsp3) is 0.737. The van der Waals surface area contributed by atoms with E-state index >= 15 is 0 Å². The SMILES string of the molecule is CC1=CC=C[C@]2(C)C(=O)C[C@@H]3C(CC[C@@]3(O)C(C)C)C[C@H]12. The highest BCUT2D eigenvalue weighted by Gasteiger charge is 2.55. The van der Waals surface area contributed by atoms with Crippen LogP contribution in [0.1, 0.15) is 53.4 Å². The highest BCUT2D eigenvalue weighted by atomic mass is 16.3. The molecule has 1 unspecified atom stereocenters. The molecular weight excluding hydrogens is 260 g/mol. The molecule has 0 heterocycles. The molecule has 3 rings (SSSR count). The van der Waals surface area contributed by atoms with E-state index in [-0.39, 0.29) is 17.3 Å². The maximum Gasteiger partial charge on any atom is 0.143 e. The van der Waals surface area contributed by atoms with Crippen molar-refractivity contribution in [1.29, 1.82) is 0 Å². The third kappa shape index (κ3) is 2.06. The third-order valence-corrected chi connectivity index (χ3v) is 6.75. The van der Waals surface area contributed by atoms with Gasteiger partial charge in [0.15, 0.2) is 0 Å². The molecular formula is C19H28O2. The van der Waals surface area contributed by atoms with Gasteiger partial charge in [-0.3, -0.25) is 4.79 Å². The van der Waals surface area contributed by atoms with Crippen molar-refractivity contribution in [2.75, 3.05) is 0 Å². The summed E-state index contributed by atoms with van der Waals surface area (Å²) in [5.74, 6) is 1.50. The maximum absolute atomic E-state index is 13.0. The molecule has 0 saturated heterocycles. The Morgan fingerprint density at radius 3 is 2.76 bits per heavy atom. The number of carbonyl (C=O) groups excluding carboxylic acids is 1. The zero-order chi connectivity index (χ0) is 15.4. The van der Waals surface area contributed by atoms with Crippen LogP contribution < -0.4 is 0 Å². The minimum absolute atomic E-state index is 0.147. The smallest absolute Gasteiger partial charge is 0.143 e. The second kappa shape index (κ2) is 4.81. The summed E-state index contributed by atoms with van der Waals surface area (Å²) in [5.41, 5.74) is 0.320. The quantitative estimate of drug-likeness (QED) is 0.794. The summed E-state index contributed by atoms with van der Waals surface area (Å²) < 4.78 is 0. The zero-order valence-electron chi connectivity index (χ0n) is 13.7. The summed E-state index contributed by atoms with van der Waals surface area (Å²) in [6.45, 7) is 8.45. The van der Waals surface area contributed by atoms with Crippen LogP contribution in [-0.2, 0) is 4.79 Å². The van der Waals surface area contributed by atoms with Crippen molar-refractivity contribution in [3.63, 3.8) is 0 Å². The molecule has 21 heavy (non-hydrogen) atoms. The van der Waals surface area contributed by atoms with Crippen molar-refractivity contribution >= 4 is 5.78 Å². The first-order chi connectivity index (χ1) is 9.79. The normalized spacial score (nSPS) is 46.1. The first kappa shape index (κ1) is 15.0. The minimum atomic E-state index is -0.647. The van der Waals surface area contributed by atoms with E-state index in [1.165, 1.54) is 5.57 Å². The first-order valence-electron chi connectivity index (χ1n) is 8.40.